The molecule has 22 heavy (non-hydrogen) atoms. The fraction of sp³-hybridized carbons (Fsp3) is 0.316. The minimum absolute atomic E-state index is 0.144. The molecule has 1 atom stereocenters. The van der Waals surface area contributed by atoms with Crippen molar-refractivity contribution in [1.29, 1.82) is 0 Å². The van der Waals surface area contributed by atoms with E-state index in [-0.39, 0.29) is 5.91 Å². The van der Waals surface area contributed by atoms with Crippen LogP contribution in [0.2, 0.25) is 0 Å². The minimum atomic E-state index is -0.555. The number of hydrogen-bond donors (Lipinski definition) is 1. The number of ether oxygens (including phenoxy) is 1. The Hall–Kier alpha value is -2.29. The molecule has 116 valence electrons. The lowest BCUT2D eigenvalue weighted by Gasteiger charge is -2.18. The molecule has 2 aromatic carbocycles. The molecule has 0 fully saturated rings. The first-order chi connectivity index (χ1) is 10.4. The molecular formula is C19H23NO2. The number of anilines is 1. The summed E-state index contributed by atoms with van der Waals surface area (Å²) in [4.78, 5) is 12.3. The van der Waals surface area contributed by atoms with Crippen LogP contribution in [0.1, 0.15) is 29.2 Å². The number of amides is 1. The molecule has 0 saturated carbocycles. The standard InChI is InChI=1S/C19H23NO2/c1-12-9-10-14(3)18(11-12)22-16(5)19(21)20-17-8-6-7-13(2)15(17)4/h6-11,16H,1-5H3,(H,20,21)/t16-/m1/s1. The van der Waals surface area contributed by atoms with E-state index in [1.54, 1.807) is 6.92 Å². The molecular weight excluding hydrogens is 274 g/mol. The summed E-state index contributed by atoms with van der Waals surface area (Å²) in [5, 5.41) is 2.94. The molecule has 2 rings (SSSR count). The van der Waals surface area contributed by atoms with E-state index in [1.807, 2.05) is 64.1 Å². The molecule has 1 N–H and O–H groups in total. The van der Waals surface area contributed by atoms with Gasteiger partial charge in [0, 0.05) is 5.69 Å². The normalized spacial score (nSPS) is 11.9. The summed E-state index contributed by atoms with van der Waals surface area (Å²) in [6.07, 6.45) is -0.555. The van der Waals surface area contributed by atoms with Gasteiger partial charge < -0.3 is 10.1 Å². The maximum absolute atomic E-state index is 12.3. The molecule has 0 aliphatic heterocycles. The van der Waals surface area contributed by atoms with Crippen molar-refractivity contribution in [2.75, 3.05) is 5.32 Å². The van der Waals surface area contributed by atoms with Gasteiger partial charge in [-0.1, -0.05) is 24.3 Å². The third kappa shape index (κ3) is 3.67. The molecule has 0 heterocycles. The van der Waals surface area contributed by atoms with E-state index in [2.05, 4.69) is 5.32 Å². The van der Waals surface area contributed by atoms with Crippen LogP contribution in [0.5, 0.6) is 5.75 Å². The van der Waals surface area contributed by atoms with Crippen molar-refractivity contribution in [3.63, 3.8) is 0 Å². The zero-order valence-corrected chi connectivity index (χ0v) is 13.9. The van der Waals surface area contributed by atoms with Crippen LogP contribution in [0, 0.1) is 27.7 Å². The Morgan fingerprint density at radius 3 is 2.50 bits per heavy atom. The van der Waals surface area contributed by atoms with Crippen LogP contribution in [0.15, 0.2) is 36.4 Å². The van der Waals surface area contributed by atoms with Gasteiger partial charge in [-0.3, -0.25) is 4.79 Å². The van der Waals surface area contributed by atoms with Crippen LogP contribution >= 0.6 is 0 Å². The first kappa shape index (κ1) is 16.1. The highest BCUT2D eigenvalue weighted by Gasteiger charge is 2.17. The van der Waals surface area contributed by atoms with Crippen molar-refractivity contribution in [3.8, 4) is 5.75 Å². The number of nitrogens with one attached hydrogen (secondary N) is 1. The Morgan fingerprint density at radius 1 is 1.05 bits per heavy atom. The van der Waals surface area contributed by atoms with Crippen molar-refractivity contribution in [2.45, 2.75) is 40.7 Å². The van der Waals surface area contributed by atoms with Crippen LogP contribution < -0.4 is 10.1 Å². The van der Waals surface area contributed by atoms with E-state index in [4.69, 9.17) is 4.74 Å². The molecule has 2 aromatic rings. The van der Waals surface area contributed by atoms with E-state index in [9.17, 15) is 4.79 Å². The Bertz CT molecular complexity index is 692. The van der Waals surface area contributed by atoms with Crippen molar-refractivity contribution in [1.82, 2.24) is 0 Å². The molecule has 0 aromatic heterocycles. The average Bonchev–Trinajstić information content (AvgIpc) is 2.47. The second kappa shape index (κ2) is 6.65. The fourth-order valence-electron chi connectivity index (χ4n) is 2.20. The molecule has 3 heteroatoms. The van der Waals surface area contributed by atoms with Crippen LogP contribution in [-0.2, 0) is 4.79 Å². The maximum atomic E-state index is 12.3. The zero-order valence-electron chi connectivity index (χ0n) is 13.9. The van der Waals surface area contributed by atoms with Gasteiger partial charge in [0.1, 0.15) is 5.75 Å². The van der Waals surface area contributed by atoms with Crippen LogP contribution in [0.3, 0.4) is 0 Å². The van der Waals surface area contributed by atoms with E-state index in [1.165, 1.54) is 0 Å². The second-order valence-electron chi connectivity index (χ2n) is 5.77. The van der Waals surface area contributed by atoms with Gasteiger partial charge in [-0.05, 0) is 69.0 Å². The fourth-order valence-corrected chi connectivity index (χ4v) is 2.20. The van der Waals surface area contributed by atoms with Crippen molar-refractivity contribution < 1.29 is 9.53 Å². The highest BCUT2D eigenvalue weighted by atomic mass is 16.5. The van der Waals surface area contributed by atoms with Crippen LogP contribution in [0.25, 0.3) is 0 Å². The largest absolute Gasteiger partial charge is 0.481 e. The molecule has 0 bridgehead atoms. The van der Waals surface area contributed by atoms with Gasteiger partial charge in [-0.25, -0.2) is 0 Å². The third-order valence-corrected chi connectivity index (χ3v) is 3.88. The average molecular weight is 297 g/mol. The number of rotatable bonds is 4. The second-order valence-corrected chi connectivity index (χ2v) is 5.77. The van der Waals surface area contributed by atoms with Crippen LogP contribution in [-0.4, -0.2) is 12.0 Å². The number of aryl methyl sites for hydroxylation is 3. The molecule has 1 amide bonds. The maximum Gasteiger partial charge on any atom is 0.265 e. The lowest BCUT2D eigenvalue weighted by molar-refractivity contribution is -0.122. The highest BCUT2D eigenvalue weighted by molar-refractivity contribution is 5.94. The van der Waals surface area contributed by atoms with Gasteiger partial charge in [-0.15, -0.1) is 0 Å². The lowest BCUT2D eigenvalue weighted by Crippen LogP contribution is -2.30. The summed E-state index contributed by atoms with van der Waals surface area (Å²) in [6, 6.07) is 11.9. The first-order valence-corrected chi connectivity index (χ1v) is 7.49. The van der Waals surface area contributed by atoms with Crippen molar-refractivity contribution in [3.05, 3.63) is 58.7 Å². The molecule has 0 radical (unpaired) electrons. The monoisotopic (exact) mass is 297 g/mol. The molecule has 0 aliphatic carbocycles. The minimum Gasteiger partial charge on any atom is -0.481 e. The van der Waals surface area contributed by atoms with Gasteiger partial charge in [0.2, 0.25) is 0 Å². The number of carbonyl (C=O) groups is 1. The van der Waals surface area contributed by atoms with Crippen molar-refractivity contribution in [2.24, 2.45) is 0 Å². The molecule has 3 nitrogen and oxygen atoms in total. The Balaban J connectivity index is 2.09. The van der Waals surface area contributed by atoms with Gasteiger partial charge in [-0.2, -0.15) is 0 Å². The Labute approximate surface area is 132 Å². The topological polar surface area (TPSA) is 38.3 Å². The molecule has 0 spiro atoms. The van der Waals surface area contributed by atoms with Gasteiger partial charge in [0.05, 0.1) is 0 Å². The Morgan fingerprint density at radius 2 is 1.77 bits per heavy atom. The highest BCUT2D eigenvalue weighted by Crippen LogP contribution is 2.22. The molecule has 0 unspecified atom stereocenters. The SMILES string of the molecule is Cc1ccc(C)c(O[C@H](C)C(=O)Nc2cccc(C)c2C)c1. The number of benzene rings is 2. The Kier molecular flexibility index (Phi) is 4.86. The number of carbonyl (C=O) groups excluding carboxylic acids is 1. The lowest BCUT2D eigenvalue weighted by atomic mass is 10.1. The summed E-state index contributed by atoms with van der Waals surface area (Å²) in [5.41, 5.74) is 5.21. The predicted molar refractivity (Wildman–Crippen MR) is 90.6 cm³/mol. The van der Waals surface area contributed by atoms with Gasteiger partial charge in [0.15, 0.2) is 6.10 Å². The third-order valence-electron chi connectivity index (χ3n) is 3.88. The van der Waals surface area contributed by atoms with E-state index in [0.29, 0.717) is 0 Å². The van der Waals surface area contributed by atoms with E-state index < -0.39 is 6.10 Å². The first-order valence-electron chi connectivity index (χ1n) is 7.49. The van der Waals surface area contributed by atoms with E-state index in [0.717, 1.165) is 33.7 Å². The smallest absolute Gasteiger partial charge is 0.265 e. The van der Waals surface area contributed by atoms with Gasteiger partial charge >= 0.3 is 0 Å². The molecule has 0 saturated heterocycles. The summed E-state index contributed by atoms with van der Waals surface area (Å²) in [5.74, 6) is 0.609. The quantitative estimate of drug-likeness (QED) is 0.912. The number of hydrogen-bond acceptors (Lipinski definition) is 2. The van der Waals surface area contributed by atoms with Gasteiger partial charge in [0.25, 0.3) is 5.91 Å². The zero-order chi connectivity index (χ0) is 16.3. The summed E-state index contributed by atoms with van der Waals surface area (Å²) >= 11 is 0. The van der Waals surface area contributed by atoms with E-state index >= 15 is 0 Å². The summed E-state index contributed by atoms with van der Waals surface area (Å²) in [7, 11) is 0. The summed E-state index contributed by atoms with van der Waals surface area (Å²) < 4.78 is 5.82. The summed E-state index contributed by atoms with van der Waals surface area (Å²) in [6.45, 7) is 9.78. The van der Waals surface area contributed by atoms with Crippen molar-refractivity contribution >= 4 is 11.6 Å². The predicted octanol–water partition coefficient (Wildman–Crippen LogP) is 4.33. The van der Waals surface area contributed by atoms with Crippen LogP contribution in [0.4, 0.5) is 5.69 Å². The molecule has 0 aliphatic rings.